The van der Waals surface area contributed by atoms with Gasteiger partial charge in [0.05, 0.1) is 12.7 Å². The highest BCUT2D eigenvalue weighted by Gasteiger charge is 2.49. The normalized spacial score (nSPS) is 15.5. The van der Waals surface area contributed by atoms with Crippen molar-refractivity contribution in [1.82, 2.24) is 0 Å². The third-order valence-corrected chi connectivity index (χ3v) is 6.17. The Morgan fingerprint density at radius 2 is 1.37 bits per heavy atom. The maximum absolute atomic E-state index is 5.93. The summed E-state index contributed by atoms with van der Waals surface area (Å²) in [7, 11) is -1.11. The van der Waals surface area contributed by atoms with Crippen molar-refractivity contribution in [3.8, 4) is 0 Å². The average molecular weight is 294 g/mol. The van der Waals surface area contributed by atoms with Crippen LogP contribution in [-0.2, 0) is 22.8 Å². The fraction of sp³-hybridized carbons (Fsp3) is 1.00. The highest BCUT2D eigenvalue weighted by atomic mass is 28.4. The minimum absolute atomic E-state index is 0.0469. The van der Waals surface area contributed by atoms with Gasteiger partial charge in [0.15, 0.2) is 0 Å². The van der Waals surface area contributed by atoms with Gasteiger partial charge < -0.3 is 22.8 Å². The fourth-order valence-electron chi connectivity index (χ4n) is 1.80. The first kappa shape index (κ1) is 19.0. The molecule has 2 atom stereocenters. The van der Waals surface area contributed by atoms with Gasteiger partial charge >= 0.3 is 8.80 Å². The van der Waals surface area contributed by atoms with Crippen molar-refractivity contribution >= 4 is 8.80 Å². The van der Waals surface area contributed by atoms with Crippen molar-refractivity contribution in [2.24, 2.45) is 0 Å². The molecule has 0 saturated heterocycles. The Morgan fingerprint density at radius 3 is 1.68 bits per heavy atom. The van der Waals surface area contributed by atoms with Gasteiger partial charge in [0.2, 0.25) is 0 Å². The molecule has 0 N–H and O–H groups in total. The fourth-order valence-corrected chi connectivity index (χ4v) is 4.61. The summed E-state index contributed by atoms with van der Waals surface area (Å²) in [6.07, 6.45) is 0.841. The minimum atomic E-state index is -2.78. The van der Waals surface area contributed by atoms with E-state index in [0.717, 1.165) is 6.42 Å². The molecule has 0 aliphatic heterocycles. The Hall–Kier alpha value is 0.0169. The Bertz CT molecular complexity index is 198. The summed E-state index contributed by atoms with van der Waals surface area (Å²) in [6, 6.07) is 0. The van der Waals surface area contributed by atoms with Gasteiger partial charge in [-0.2, -0.15) is 0 Å². The van der Waals surface area contributed by atoms with Crippen molar-refractivity contribution in [3.63, 3.8) is 0 Å². The number of ether oxygens (including phenoxy) is 2. The number of rotatable bonds is 12. The molecule has 0 aromatic carbocycles. The topological polar surface area (TPSA) is 46.2 Å². The second-order valence-electron chi connectivity index (χ2n) is 4.18. The summed E-state index contributed by atoms with van der Waals surface area (Å²) in [4.78, 5) is 0. The molecule has 0 spiro atoms. The van der Waals surface area contributed by atoms with E-state index in [9.17, 15) is 0 Å². The van der Waals surface area contributed by atoms with Crippen LogP contribution < -0.4 is 0 Å². The third-order valence-electron chi connectivity index (χ3n) is 2.74. The molecule has 0 saturated carbocycles. The highest BCUT2D eigenvalue weighted by molar-refractivity contribution is 6.62. The summed E-state index contributed by atoms with van der Waals surface area (Å²) in [6.45, 7) is 12.1. The van der Waals surface area contributed by atoms with Crippen LogP contribution in [0, 0.1) is 0 Å². The van der Waals surface area contributed by atoms with Crippen LogP contribution in [0.5, 0.6) is 0 Å². The SMILES string of the molecule is CCO[Si](OCC)(OCC)C(CC)OCC(C)OC. The minimum Gasteiger partial charge on any atom is -0.379 e. The Labute approximate surface area is 118 Å². The van der Waals surface area contributed by atoms with Crippen LogP contribution in [0.1, 0.15) is 41.0 Å². The predicted octanol–water partition coefficient (Wildman–Crippen LogP) is 2.40. The summed E-state index contributed by atoms with van der Waals surface area (Å²) in [5.74, 6) is 0. The van der Waals surface area contributed by atoms with Gasteiger partial charge in [-0.15, -0.1) is 0 Å². The molecular formula is C13H30O5Si. The maximum Gasteiger partial charge on any atom is 0.531 e. The summed E-state index contributed by atoms with van der Waals surface area (Å²) >= 11 is 0. The Balaban J connectivity index is 4.81. The highest BCUT2D eigenvalue weighted by Crippen LogP contribution is 2.21. The van der Waals surface area contributed by atoms with Crippen LogP contribution in [0.3, 0.4) is 0 Å². The van der Waals surface area contributed by atoms with Gasteiger partial charge in [-0.1, -0.05) is 6.92 Å². The monoisotopic (exact) mass is 294 g/mol. The first-order valence-corrected chi connectivity index (χ1v) is 8.96. The van der Waals surface area contributed by atoms with E-state index in [4.69, 9.17) is 22.8 Å². The van der Waals surface area contributed by atoms with E-state index in [1.807, 2.05) is 27.7 Å². The third kappa shape index (κ3) is 6.33. The van der Waals surface area contributed by atoms with Crippen molar-refractivity contribution in [3.05, 3.63) is 0 Å². The van der Waals surface area contributed by atoms with E-state index in [2.05, 4.69) is 6.92 Å². The van der Waals surface area contributed by atoms with Crippen molar-refractivity contribution < 1.29 is 22.8 Å². The van der Waals surface area contributed by atoms with Gasteiger partial charge in [-0.25, -0.2) is 0 Å². The van der Waals surface area contributed by atoms with Gasteiger partial charge in [0.1, 0.15) is 5.73 Å². The molecule has 0 bridgehead atoms. The summed E-state index contributed by atoms with van der Waals surface area (Å²) in [5.41, 5.74) is -0.148. The lowest BCUT2D eigenvalue weighted by molar-refractivity contribution is -0.0425. The molecule has 19 heavy (non-hydrogen) atoms. The first-order chi connectivity index (χ1) is 9.10. The smallest absolute Gasteiger partial charge is 0.379 e. The average Bonchev–Trinajstić information content (AvgIpc) is 2.40. The molecule has 0 rings (SSSR count). The molecule has 0 amide bonds. The molecule has 0 fully saturated rings. The van der Waals surface area contributed by atoms with Gasteiger partial charge in [-0.05, 0) is 34.1 Å². The standard InChI is InChI=1S/C13H30O5Si/c1-7-13(15-11-12(5)14-6)19(16-8-2,17-9-3)18-10-4/h12-13H,7-11H2,1-6H3. The molecule has 0 aromatic rings. The molecule has 0 aliphatic carbocycles. The van der Waals surface area contributed by atoms with Crippen LogP contribution >= 0.6 is 0 Å². The van der Waals surface area contributed by atoms with Crippen LogP contribution in [0.15, 0.2) is 0 Å². The van der Waals surface area contributed by atoms with E-state index < -0.39 is 8.80 Å². The zero-order valence-corrected chi connectivity index (χ0v) is 14.2. The lowest BCUT2D eigenvalue weighted by Gasteiger charge is -2.34. The van der Waals surface area contributed by atoms with Gasteiger partial charge in [0, 0.05) is 26.9 Å². The van der Waals surface area contributed by atoms with E-state index in [1.165, 1.54) is 0 Å². The van der Waals surface area contributed by atoms with E-state index in [-0.39, 0.29) is 11.8 Å². The predicted molar refractivity (Wildman–Crippen MR) is 77.1 cm³/mol. The molecule has 0 heterocycles. The van der Waals surface area contributed by atoms with E-state index >= 15 is 0 Å². The van der Waals surface area contributed by atoms with E-state index in [1.54, 1.807) is 7.11 Å². The second-order valence-corrected chi connectivity index (χ2v) is 6.90. The molecule has 0 radical (unpaired) electrons. The quantitative estimate of drug-likeness (QED) is 0.517. The van der Waals surface area contributed by atoms with Crippen molar-refractivity contribution in [2.75, 3.05) is 33.5 Å². The van der Waals surface area contributed by atoms with Crippen molar-refractivity contribution in [1.29, 1.82) is 0 Å². The van der Waals surface area contributed by atoms with Gasteiger partial charge in [0.25, 0.3) is 0 Å². The number of methoxy groups -OCH3 is 1. The molecule has 0 aromatic heterocycles. The van der Waals surface area contributed by atoms with Crippen LogP contribution in [0.4, 0.5) is 0 Å². The second kappa shape index (κ2) is 10.8. The Morgan fingerprint density at radius 1 is 0.895 bits per heavy atom. The molecule has 5 nitrogen and oxygen atoms in total. The molecule has 2 unspecified atom stereocenters. The molecule has 6 heteroatoms. The zero-order valence-electron chi connectivity index (χ0n) is 13.2. The largest absolute Gasteiger partial charge is 0.531 e. The lowest BCUT2D eigenvalue weighted by Crippen LogP contribution is -2.57. The lowest BCUT2D eigenvalue weighted by atomic mass is 10.4. The number of hydrogen-bond donors (Lipinski definition) is 0. The number of hydrogen-bond acceptors (Lipinski definition) is 5. The van der Waals surface area contributed by atoms with Crippen LogP contribution in [-0.4, -0.2) is 54.2 Å². The molecule has 0 aliphatic rings. The van der Waals surface area contributed by atoms with Crippen LogP contribution in [0.25, 0.3) is 0 Å². The van der Waals surface area contributed by atoms with Gasteiger partial charge in [-0.3, -0.25) is 0 Å². The van der Waals surface area contributed by atoms with Crippen LogP contribution in [0.2, 0.25) is 0 Å². The van der Waals surface area contributed by atoms with Crippen molar-refractivity contribution in [2.45, 2.75) is 52.9 Å². The molecule has 116 valence electrons. The first-order valence-electron chi connectivity index (χ1n) is 7.16. The molecular weight excluding hydrogens is 264 g/mol. The van der Waals surface area contributed by atoms with E-state index in [0.29, 0.717) is 26.4 Å². The zero-order chi connectivity index (χ0) is 14.7. The Kier molecular flexibility index (Phi) is 10.8. The summed E-state index contributed by atoms with van der Waals surface area (Å²) in [5, 5.41) is 0. The maximum atomic E-state index is 5.93. The summed E-state index contributed by atoms with van der Waals surface area (Å²) < 4.78 is 28.7.